The third-order valence-electron chi connectivity index (χ3n) is 3.89. The fourth-order valence-corrected chi connectivity index (χ4v) is 3.40. The maximum absolute atomic E-state index is 6.31. The van der Waals surface area contributed by atoms with E-state index in [0.29, 0.717) is 0 Å². The number of ether oxygens (including phenoxy) is 1. The first-order valence-electron chi connectivity index (χ1n) is 6.92. The Morgan fingerprint density at radius 2 is 2.35 bits per heavy atom. The van der Waals surface area contributed by atoms with Gasteiger partial charge in [0, 0.05) is 11.1 Å². The van der Waals surface area contributed by atoms with Crippen molar-refractivity contribution in [3.63, 3.8) is 0 Å². The van der Waals surface area contributed by atoms with Gasteiger partial charge in [0.15, 0.2) is 0 Å². The van der Waals surface area contributed by atoms with Gasteiger partial charge in [0.25, 0.3) is 0 Å². The minimum absolute atomic E-state index is 0.115. The number of nitrogens with zero attached hydrogens (tertiary/aromatic N) is 2. The lowest BCUT2D eigenvalue weighted by molar-refractivity contribution is 0.00649. The molecule has 1 aromatic carbocycles. The van der Waals surface area contributed by atoms with Gasteiger partial charge in [-0.3, -0.25) is 0 Å². The molecule has 2 heterocycles. The Bertz CT molecular complexity index is 632. The molecule has 20 heavy (non-hydrogen) atoms. The van der Waals surface area contributed by atoms with Crippen LogP contribution in [0.5, 0.6) is 0 Å². The normalized spacial score (nSPS) is 24.4. The number of hydrogen-bond donors (Lipinski definition) is 0. The fourth-order valence-electron chi connectivity index (χ4n) is 2.88. The lowest BCUT2D eigenvalue weighted by atomic mass is 10.0. The molecule has 0 aliphatic carbocycles. The molecule has 0 radical (unpaired) electrons. The van der Waals surface area contributed by atoms with E-state index in [0.717, 1.165) is 47.3 Å². The highest BCUT2D eigenvalue weighted by molar-refractivity contribution is 9.10. The Labute approximate surface area is 132 Å². The molecule has 0 saturated carbocycles. The Morgan fingerprint density at radius 1 is 1.55 bits per heavy atom. The van der Waals surface area contributed by atoms with Crippen molar-refractivity contribution in [2.24, 2.45) is 0 Å². The summed E-state index contributed by atoms with van der Waals surface area (Å²) in [4.78, 5) is 4.68. The van der Waals surface area contributed by atoms with Crippen molar-refractivity contribution >= 4 is 38.6 Å². The number of aromatic nitrogens is 2. The van der Waals surface area contributed by atoms with Crippen LogP contribution in [0.1, 0.15) is 37.9 Å². The minimum atomic E-state index is -0.119. The molecule has 1 saturated heterocycles. The summed E-state index contributed by atoms with van der Waals surface area (Å²) in [6, 6.07) is 6.13. The molecule has 3 nitrogen and oxygen atoms in total. The number of halogens is 2. The van der Waals surface area contributed by atoms with E-state index in [9.17, 15) is 0 Å². The standard InChI is InChI=1S/C15H18BrClN2O/c1-10(17)14-18-12-5-4-11(16)8-13(12)19(14)9-15(2)6-3-7-20-15/h4-5,8,10H,3,6-7,9H2,1-2H3. The number of alkyl halides is 1. The summed E-state index contributed by atoms with van der Waals surface area (Å²) in [5.41, 5.74) is 1.98. The first kappa shape index (κ1) is 14.4. The van der Waals surface area contributed by atoms with E-state index in [1.165, 1.54) is 0 Å². The van der Waals surface area contributed by atoms with Crippen LogP contribution in [0, 0.1) is 0 Å². The second-order valence-electron chi connectivity index (χ2n) is 5.71. The lowest BCUT2D eigenvalue weighted by Gasteiger charge is -2.25. The van der Waals surface area contributed by atoms with Gasteiger partial charge in [-0.15, -0.1) is 11.6 Å². The van der Waals surface area contributed by atoms with Crippen molar-refractivity contribution in [1.82, 2.24) is 9.55 Å². The molecule has 1 aliphatic heterocycles. The second kappa shape index (κ2) is 5.32. The second-order valence-corrected chi connectivity index (χ2v) is 7.28. The van der Waals surface area contributed by atoms with Crippen molar-refractivity contribution in [3.05, 3.63) is 28.5 Å². The molecule has 108 valence electrons. The van der Waals surface area contributed by atoms with Gasteiger partial charge >= 0.3 is 0 Å². The predicted molar refractivity (Wildman–Crippen MR) is 85.3 cm³/mol. The highest BCUT2D eigenvalue weighted by Gasteiger charge is 2.32. The Morgan fingerprint density at radius 3 is 3.00 bits per heavy atom. The van der Waals surface area contributed by atoms with Crippen molar-refractivity contribution in [2.75, 3.05) is 6.61 Å². The van der Waals surface area contributed by atoms with Crippen LogP contribution < -0.4 is 0 Å². The molecule has 0 N–H and O–H groups in total. The van der Waals surface area contributed by atoms with Crippen LogP contribution in [0.2, 0.25) is 0 Å². The Hall–Kier alpha value is -0.580. The number of rotatable bonds is 3. The smallest absolute Gasteiger partial charge is 0.127 e. The van der Waals surface area contributed by atoms with Crippen LogP contribution in [-0.2, 0) is 11.3 Å². The summed E-state index contributed by atoms with van der Waals surface area (Å²) in [6.07, 6.45) is 2.20. The summed E-state index contributed by atoms with van der Waals surface area (Å²) in [7, 11) is 0. The van der Waals surface area contributed by atoms with E-state index < -0.39 is 0 Å². The van der Waals surface area contributed by atoms with E-state index in [1.54, 1.807) is 0 Å². The van der Waals surface area contributed by atoms with Crippen LogP contribution in [0.25, 0.3) is 11.0 Å². The number of hydrogen-bond acceptors (Lipinski definition) is 2. The summed E-state index contributed by atoms with van der Waals surface area (Å²) < 4.78 is 9.19. The van der Waals surface area contributed by atoms with Crippen molar-refractivity contribution in [1.29, 1.82) is 0 Å². The SMILES string of the molecule is CC(Cl)c1nc2ccc(Br)cc2n1CC1(C)CCCO1. The molecule has 0 spiro atoms. The molecular weight excluding hydrogens is 340 g/mol. The van der Waals surface area contributed by atoms with Gasteiger partial charge in [-0.05, 0) is 44.9 Å². The maximum Gasteiger partial charge on any atom is 0.127 e. The Kier molecular flexibility index (Phi) is 3.82. The first-order valence-corrected chi connectivity index (χ1v) is 8.15. The van der Waals surface area contributed by atoms with E-state index in [1.807, 2.05) is 19.1 Å². The van der Waals surface area contributed by atoms with Crippen molar-refractivity contribution in [2.45, 2.75) is 44.2 Å². The van der Waals surface area contributed by atoms with Gasteiger partial charge in [-0.25, -0.2) is 4.98 Å². The molecule has 3 rings (SSSR count). The quantitative estimate of drug-likeness (QED) is 0.747. The minimum Gasteiger partial charge on any atom is -0.373 e. The fraction of sp³-hybridized carbons (Fsp3) is 0.533. The maximum atomic E-state index is 6.31. The number of fused-ring (bicyclic) bond motifs is 1. The third-order valence-corrected chi connectivity index (χ3v) is 4.58. The van der Waals surface area contributed by atoms with Gasteiger partial charge in [0.05, 0.1) is 28.6 Å². The molecule has 1 aromatic heterocycles. The summed E-state index contributed by atoms with van der Waals surface area (Å²) >= 11 is 9.85. The van der Waals surface area contributed by atoms with Gasteiger partial charge in [0.1, 0.15) is 5.82 Å². The molecule has 1 fully saturated rings. The number of benzene rings is 1. The summed E-state index contributed by atoms with van der Waals surface area (Å²) in [6.45, 7) is 5.78. The van der Waals surface area contributed by atoms with E-state index >= 15 is 0 Å². The summed E-state index contributed by atoms with van der Waals surface area (Å²) in [5, 5.41) is -0.119. The van der Waals surface area contributed by atoms with Crippen LogP contribution in [0.4, 0.5) is 0 Å². The third kappa shape index (κ3) is 2.61. The van der Waals surface area contributed by atoms with Crippen molar-refractivity contribution < 1.29 is 4.74 Å². The van der Waals surface area contributed by atoms with Crippen LogP contribution in [-0.4, -0.2) is 21.8 Å². The average molecular weight is 358 g/mol. The molecule has 5 heteroatoms. The average Bonchev–Trinajstić information content (AvgIpc) is 2.95. The molecule has 1 aliphatic rings. The molecule has 2 unspecified atom stereocenters. The number of imidazole rings is 1. The molecule has 2 aromatic rings. The zero-order valence-corrected chi connectivity index (χ0v) is 14.0. The largest absolute Gasteiger partial charge is 0.373 e. The van der Waals surface area contributed by atoms with Gasteiger partial charge in [0.2, 0.25) is 0 Å². The summed E-state index contributed by atoms with van der Waals surface area (Å²) in [5.74, 6) is 0.913. The van der Waals surface area contributed by atoms with E-state index in [2.05, 4.69) is 38.5 Å². The highest BCUT2D eigenvalue weighted by atomic mass is 79.9. The molecule has 0 bridgehead atoms. The highest BCUT2D eigenvalue weighted by Crippen LogP contribution is 2.32. The van der Waals surface area contributed by atoms with Crippen LogP contribution >= 0.6 is 27.5 Å². The molecular formula is C15H18BrClN2O. The molecule has 2 atom stereocenters. The van der Waals surface area contributed by atoms with E-state index in [-0.39, 0.29) is 11.0 Å². The van der Waals surface area contributed by atoms with Crippen molar-refractivity contribution in [3.8, 4) is 0 Å². The zero-order valence-electron chi connectivity index (χ0n) is 11.7. The van der Waals surface area contributed by atoms with Crippen LogP contribution in [0.3, 0.4) is 0 Å². The van der Waals surface area contributed by atoms with Gasteiger partial charge < -0.3 is 9.30 Å². The Balaban J connectivity index is 2.10. The first-order chi connectivity index (χ1) is 9.48. The topological polar surface area (TPSA) is 27.1 Å². The van der Waals surface area contributed by atoms with Crippen LogP contribution in [0.15, 0.2) is 22.7 Å². The lowest BCUT2D eigenvalue weighted by Crippen LogP contribution is -2.30. The van der Waals surface area contributed by atoms with Gasteiger partial charge in [-0.2, -0.15) is 0 Å². The van der Waals surface area contributed by atoms with Gasteiger partial charge in [-0.1, -0.05) is 15.9 Å². The monoisotopic (exact) mass is 356 g/mol. The predicted octanol–water partition coefficient (Wildman–Crippen LogP) is 4.67. The van der Waals surface area contributed by atoms with E-state index in [4.69, 9.17) is 16.3 Å². The molecule has 0 amide bonds. The zero-order chi connectivity index (χ0) is 14.3.